The van der Waals surface area contributed by atoms with Crippen LogP contribution in [-0.2, 0) is 52.2 Å². The molecule has 16 N–H and O–H groups in total. The Morgan fingerprint density at radius 1 is 0.565 bits per heavy atom. The molecule has 27 heteroatoms. The number of carbonyl (C=O) groups is 1. The van der Waals surface area contributed by atoms with Gasteiger partial charge in [-0.25, -0.2) is 0 Å². The van der Waals surface area contributed by atoms with Crippen LogP contribution in [0, 0.1) is 50.2 Å². The molecule has 5 aliphatic carbocycles. The molecule has 0 aromatic rings. The topological polar surface area (TPSA) is 433 Å². The van der Waals surface area contributed by atoms with Gasteiger partial charge in [0.05, 0.1) is 56.8 Å². The molecular weight excluding hydrogens is 1130 g/mol. The van der Waals surface area contributed by atoms with Crippen molar-refractivity contribution in [1.29, 1.82) is 0 Å². The molecule has 5 heterocycles. The van der Waals surface area contributed by atoms with Gasteiger partial charge in [-0.15, -0.1) is 0 Å². The molecule has 0 spiro atoms. The Balaban J connectivity index is 0.894. The molecule has 5 saturated heterocycles. The van der Waals surface area contributed by atoms with Crippen LogP contribution >= 0.6 is 0 Å². The van der Waals surface area contributed by atoms with Crippen molar-refractivity contribution < 1.29 is 134 Å². The van der Waals surface area contributed by atoms with Crippen molar-refractivity contribution in [3.63, 3.8) is 0 Å². The van der Waals surface area contributed by atoms with Crippen LogP contribution < -0.4 is 0 Å². The van der Waals surface area contributed by atoms with E-state index >= 15 is 0 Å². The highest BCUT2D eigenvalue weighted by Gasteiger charge is 2.71. The van der Waals surface area contributed by atoms with E-state index in [1.807, 2.05) is 0 Å². The predicted molar refractivity (Wildman–Crippen MR) is 285 cm³/mol. The Kier molecular flexibility index (Phi) is 18.9. The molecule has 9 fully saturated rings. The number of esters is 1. The van der Waals surface area contributed by atoms with Crippen LogP contribution in [0.25, 0.3) is 0 Å². The minimum absolute atomic E-state index is 0.000205. The monoisotopic (exact) mass is 1220 g/mol. The number of hydrogen-bond donors (Lipinski definition) is 16. The second kappa shape index (κ2) is 24.4. The summed E-state index contributed by atoms with van der Waals surface area (Å²) in [6.45, 7) is 11.5. The summed E-state index contributed by atoms with van der Waals surface area (Å²) in [6, 6.07) is 0. The number of allylic oxidation sites excluding steroid dienone is 2. The number of rotatable bonds is 13. The average Bonchev–Trinajstić information content (AvgIpc) is 0.688. The van der Waals surface area contributed by atoms with Gasteiger partial charge in [0.15, 0.2) is 25.2 Å². The van der Waals surface area contributed by atoms with Crippen LogP contribution in [0.15, 0.2) is 11.6 Å². The molecular formula is C58H94O27. The molecule has 5 aliphatic heterocycles. The van der Waals surface area contributed by atoms with Gasteiger partial charge in [0.25, 0.3) is 0 Å². The Morgan fingerprint density at radius 3 is 1.80 bits per heavy atom. The van der Waals surface area contributed by atoms with Crippen LogP contribution in [0.5, 0.6) is 0 Å². The lowest BCUT2D eigenvalue weighted by Crippen LogP contribution is -2.68. The van der Waals surface area contributed by atoms with E-state index < -0.39 is 212 Å². The summed E-state index contributed by atoms with van der Waals surface area (Å²) in [4.78, 5) is 14.2. The predicted octanol–water partition coefficient (Wildman–Crippen LogP) is -3.96. The van der Waals surface area contributed by atoms with E-state index in [4.69, 9.17) is 47.4 Å². The highest BCUT2D eigenvalue weighted by Crippen LogP contribution is 2.76. The van der Waals surface area contributed by atoms with Crippen molar-refractivity contribution in [3.05, 3.63) is 11.6 Å². The molecule has 33 unspecified atom stereocenters. The first-order valence-electron chi connectivity index (χ1n) is 30.3. The molecule has 0 amide bonds. The zero-order valence-corrected chi connectivity index (χ0v) is 49.3. The summed E-state index contributed by atoms with van der Waals surface area (Å²) in [5.74, 6) is -1.02. The van der Waals surface area contributed by atoms with Crippen molar-refractivity contribution >= 4 is 5.97 Å². The second-order valence-electron chi connectivity index (χ2n) is 28.0. The molecule has 10 aliphatic rings. The zero-order chi connectivity index (χ0) is 62.0. The van der Waals surface area contributed by atoms with Gasteiger partial charge >= 0.3 is 5.97 Å². The highest BCUT2D eigenvalue weighted by molar-refractivity contribution is 5.77. The first kappa shape index (κ1) is 66.1. The number of aliphatic hydroxyl groups excluding tert-OH is 16. The highest BCUT2D eigenvalue weighted by atomic mass is 16.8. The van der Waals surface area contributed by atoms with Gasteiger partial charge < -0.3 is 129 Å². The van der Waals surface area contributed by atoms with E-state index in [0.717, 1.165) is 18.4 Å². The van der Waals surface area contributed by atoms with Crippen molar-refractivity contribution in [2.45, 2.75) is 260 Å². The lowest BCUT2D eigenvalue weighted by molar-refractivity contribution is -0.394. The van der Waals surface area contributed by atoms with Crippen molar-refractivity contribution in [3.8, 4) is 0 Å². The standard InChI is InChI=1S/C58H94O27/c1-23-34(64)39(69)43(73)48(78-23)84-46-41(71)37(67)28(19-60)80-51(46)81-29-21-77-50(45(38(29)68)83-49-44(74)40(70)36(66)27(18-59)79-49)82-33-11-12-55(5)30(53(33,2)3)10-13-56(6)31(55)9-8-24-25-16-54(4,14-15-58(25,22-61)32(63)17-57(24,56)7)52(75)85-47-42(72)35(65)26(62)20-76-47/h8,23,25-51,59-74H,9-22H2,1-7H3. The van der Waals surface area contributed by atoms with Gasteiger partial charge in [0, 0.05) is 5.41 Å². The Morgan fingerprint density at radius 2 is 1.15 bits per heavy atom. The smallest absolute Gasteiger partial charge is 0.314 e. The number of aliphatic hydroxyl groups is 16. The van der Waals surface area contributed by atoms with E-state index in [9.17, 15) is 86.5 Å². The lowest BCUT2D eigenvalue weighted by Gasteiger charge is -2.72. The number of carbonyl (C=O) groups excluding carboxylic acids is 1. The first-order chi connectivity index (χ1) is 39.9. The Labute approximate surface area is 493 Å². The Hall–Kier alpha value is -1.79. The quantitative estimate of drug-likeness (QED) is 0.0475. The zero-order valence-electron chi connectivity index (χ0n) is 49.3. The molecule has 27 nitrogen and oxygen atoms in total. The minimum atomic E-state index is -1.94. The molecule has 488 valence electrons. The molecule has 0 bridgehead atoms. The number of hydrogen-bond acceptors (Lipinski definition) is 27. The third-order valence-electron chi connectivity index (χ3n) is 23.1. The molecule has 0 aromatic carbocycles. The number of ether oxygens (including phenoxy) is 10. The lowest BCUT2D eigenvalue weighted by atomic mass is 9.33. The summed E-state index contributed by atoms with van der Waals surface area (Å²) in [5.41, 5.74) is -2.96. The number of fused-ring (bicyclic) bond motifs is 7. The maximum Gasteiger partial charge on any atom is 0.314 e. The van der Waals surface area contributed by atoms with E-state index in [1.165, 1.54) is 6.92 Å². The van der Waals surface area contributed by atoms with Gasteiger partial charge in [-0.05, 0) is 111 Å². The van der Waals surface area contributed by atoms with E-state index in [2.05, 4.69) is 40.7 Å². The average molecular weight is 1220 g/mol. The normalized spacial score (nSPS) is 55.3. The summed E-state index contributed by atoms with van der Waals surface area (Å²) in [5, 5.41) is 174. The SMILES string of the molecule is CC1OC(OC2C(OC3COC(OC4CCC5(C)C(CCC6(C)C5CC=C5C7CC(C)(C(=O)OC8OCC(O)C(O)C8O)CCC7(CO)C(O)CC56C)C4(C)C)C(OC4OC(CO)C(O)C(O)C4O)C3O)OC(CO)C(O)C2O)C(O)C(O)C1O. The largest absolute Gasteiger partial charge is 0.432 e. The molecule has 33 atom stereocenters. The summed E-state index contributed by atoms with van der Waals surface area (Å²) in [6.07, 6.45) is -32.9. The Bertz CT molecular complexity index is 2370. The fraction of sp³-hybridized carbons (Fsp3) is 0.948. The first-order valence-corrected chi connectivity index (χ1v) is 30.3. The summed E-state index contributed by atoms with van der Waals surface area (Å²) >= 11 is 0. The summed E-state index contributed by atoms with van der Waals surface area (Å²) in [7, 11) is 0. The molecule has 0 aromatic heterocycles. The van der Waals surface area contributed by atoms with Gasteiger partial charge in [-0.3, -0.25) is 4.79 Å². The van der Waals surface area contributed by atoms with Crippen LogP contribution in [-0.4, -0.2) is 274 Å². The maximum absolute atomic E-state index is 14.2. The van der Waals surface area contributed by atoms with Gasteiger partial charge in [0.1, 0.15) is 104 Å². The van der Waals surface area contributed by atoms with Crippen LogP contribution in [0.1, 0.15) is 106 Å². The van der Waals surface area contributed by atoms with E-state index in [-0.39, 0.29) is 43.3 Å². The third-order valence-corrected chi connectivity index (χ3v) is 23.1. The van der Waals surface area contributed by atoms with Gasteiger partial charge in [0.2, 0.25) is 6.29 Å². The van der Waals surface area contributed by atoms with E-state index in [1.54, 1.807) is 6.92 Å². The molecule has 4 saturated carbocycles. The van der Waals surface area contributed by atoms with Crippen molar-refractivity contribution in [2.75, 3.05) is 33.0 Å². The fourth-order valence-corrected chi connectivity index (χ4v) is 17.5. The second-order valence-corrected chi connectivity index (χ2v) is 28.0. The van der Waals surface area contributed by atoms with Crippen LogP contribution in [0.4, 0.5) is 0 Å². The molecule has 85 heavy (non-hydrogen) atoms. The van der Waals surface area contributed by atoms with Crippen molar-refractivity contribution in [1.82, 2.24) is 0 Å². The van der Waals surface area contributed by atoms with Crippen molar-refractivity contribution in [2.24, 2.45) is 50.2 Å². The van der Waals surface area contributed by atoms with E-state index in [0.29, 0.717) is 32.1 Å². The minimum Gasteiger partial charge on any atom is -0.432 e. The maximum atomic E-state index is 14.2. The van der Waals surface area contributed by atoms with Gasteiger partial charge in [-0.2, -0.15) is 0 Å². The third kappa shape index (κ3) is 10.9. The molecule has 10 rings (SSSR count). The van der Waals surface area contributed by atoms with Crippen LogP contribution in [0.3, 0.4) is 0 Å². The summed E-state index contributed by atoms with van der Waals surface area (Å²) < 4.78 is 60.2. The van der Waals surface area contributed by atoms with Crippen LogP contribution in [0.2, 0.25) is 0 Å². The molecule has 0 radical (unpaired) electrons. The van der Waals surface area contributed by atoms with Gasteiger partial charge in [-0.1, -0.05) is 46.3 Å². The fourth-order valence-electron chi connectivity index (χ4n) is 17.5.